The highest BCUT2D eigenvalue weighted by Gasteiger charge is 2.19. The maximum Gasteiger partial charge on any atom is 0.294 e. The van der Waals surface area contributed by atoms with Crippen LogP contribution in [0.3, 0.4) is 0 Å². The molecule has 3 N–H and O–H groups in total. The Hall–Kier alpha value is -2.75. The normalized spacial score (nSPS) is 14.9. The second-order valence-corrected chi connectivity index (χ2v) is 9.25. The summed E-state index contributed by atoms with van der Waals surface area (Å²) in [7, 11) is -4.02. The first kappa shape index (κ1) is 23.9. The number of halogens is 1. The van der Waals surface area contributed by atoms with Crippen molar-refractivity contribution in [1.29, 1.82) is 0 Å². The molecule has 0 atom stereocenters. The molecule has 172 valence electrons. The standard InChI is InChI=1S/C16H20FN3O.C7H8O3S/c17-7-12(8-18)11-21-14-5-6-16-19-15(10-20(16)9-14)13-3-1-2-4-13;1-6-2-4-7(5-3-6)11(8,9)10/h5-7,9-10,13H,1-4,8,11,18H2;2-5H,1H3,(H,8,9,10)/b12-7-;. The number of benzene rings is 1. The van der Waals surface area contributed by atoms with E-state index in [1.807, 2.05) is 29.7 Å². The highest BCUT2D eigenvalue weighted by molar-refractivity contribution is 7.85. The Kier molecular flexibility index (Phi) is 8.00. The molecule has 1 aromatic carbocycles. The van der Waals surface area contributed by atoms with Crippen molar-refractivity contribution in [3.8, 4) is 5.75 Å². The predicted molar refractivity (Wildman–Crippen MR) is 121 cm³/mol. The molecule has 3 aromatic rings. The van der Waals surface area contributed by atoms with Gasteiger partial charge in [0, 0.05) is 24.2 Å². The number of nitrogens with two attached hydrogens (primary N) is 1. The minimum atomic E-state index is -4.02. The van der Waals surface area contributed by atoms with E-state index in [1.165, 1.54) is 37.8 Å². The molecule has 0 aliphatic heterocycles. The Morgan fingerprint density at radius 2 is 1.91 bits per heavy atom. The molecule has 0 unspecified atom stereocenters. The lowest BCUT2D eigenvalue weighted by Gasteiger charge is -2.07. The highest BCUT2D eigenvalue weighted by atomic mass is 32.2. The smallest absolute Gasteiger partial charge is 0.294 e. The number of hydrogen-bond donors (Lipinski definition) is 2. The van der Waals surface area contributed by atoms with Gasteiger partial charge in [0.2, 0.25) is 0 Å². The fourth-order valence-electron chi connectivity index (χ4n) is 3.52. The average molecular weight is 462 g/mol. The van der Waals surface area contributed by atoms with E-state index in [2.05, 4.69) is 11.2 Å². The molecule has 4 rings (SSSR count). The fraction of sp³-hybridized carbons (Fsp3) is 0.348. The van der Waals surface area contributed by atoms with E-state index >= 15 is 0 Å². The Bertz CT molecular complexity index is 1170. The van der Waals surface area contributed by atoms with Gasteiger partial charge in [-0.15, -0.1) is 0 Å². The molecule has 1 saturated carbocycles. The highest BCUT2D eigenvalue weighted by Crippen LogP contribution is 2.33. The Morgan fingerprint density at radius 3 is 2.50 bits per heavy atom. The van der Waals surface area contributed by atoms with Gasteiger partial charge < -0.3 is 14.9 Å². The minimum Gasteiger partial charge on any atom is -0.488 e. The van der Waals surface area contributed by atoms with Gasteiger partial charge in [-0.1, -0.05) is 30.5 Å². The van der Waals surface area contributed by atoms with E-state index in [4.69, 9.17) is 15.0 Å². The first-order chi connectivity index (χ1) is 15.3. The summed E-state index contributed by atoms with van der Waals surface area (Å²) in [5.41, 5.74) is 8.88. The number of aromatic nitrogens is 2. The van der Waals surface area contributed by atoms with E-state index in [0.717, 1.165) is 16.9 Å². The number of hydrogen-bond acceptors (Lipinski definition) is 5. The minimum absolute atomic E-state index is 0.0666. The summed E-state index contributed by atoms with van der Waals surface area (Å²) in [6.07, 6.45) is 9.52. The van der Waals surface area contributed by atoms with Crippen molar-refractivity contribution in [1.82, 2.24) is 9.38 Å². The van der Waals surface area contributed by atoms with Gasteiger partial charge in [-0.2, -0.15) is 8.42 Å². The van der Waals surface area contributed by atoms with Crippen molar-refractivity contribution in [3.63, 3.8) is 0 Å². The molecule has 0 saturated heterocycles. The zero-order valence-corrected chi connectivity index (χ0v) is 18.8. The molecule has 9 heteroatoms. The van der Waals surface area contributed by atoms with Crippen molar-refractivity contribution in [2.24, 2.45) is 5.73 Å². The van der Waals surface area contributed by atoms with Crippen LogP contribution in [0.2, 0.25) is 0 Å². The van der Waals surface area contributed by atoms with E-state index < -0.39 is 10.1 Å². The SMILES string of the molecule is Cc1ccc(S(=O)(=O)O)cc1.NC/C(=C/F)COc1ccc2nc(C3CCCC3)cn2c1. The van der Waals surface area contributed by atoms with E-state index in [0.29, 0.717) is 23.6 Å². The van der Waals surface area contributed by atoms with Gasteiger partial charge >= 0.3 is 0 Å². The lowest BCUT2D eigenvalue weighted by molar-refractivity contribution is 0.346. The van der Waals surface area contributed by atoms with Gasteiger partial charge in [-0.3, -0.25) is 4.55 Å². The van der Waals surface area contributed by atoms with Crippen LogP contribution >= 0.6 is 0 Å². The summed E-state index contributed by atoms with van der Waals surface area (Å²) in [5, 5.41) is 0. The van der Waals surface area contributed by atoms with Crippen molar-refractivity contribution in [2.75, 3.05) is 13.2 Å². The van der Waals surface area contributed by atoms with Gasteiger partial charge in [-0.05, 0) is 44.0 Å². The average Bonchev–Trinajstić information content (AvgIpc) is 3.44. The molecule has 7 nitrogen and oxygen atoms in total. The molecule has 1 aliphatic rings. The summed E-state index contributed by atoms with van der Waals surface area (Å²) < 4.78 is 49.5. The van der Waals surface area contributed by atoms with Crippen LogP contribution in [0.4, 0.5) is 4.39 Å². The topological polar surface area (TPSA) is 107 Å². The maximum absolute atomic E-state index is 12.5. The van der Waals surface area contributed by atoms with Crippen LogP contribution in [0.15, 0.2) is 65.6 Å². The van der Waals surface area contributed by atoms with Crippen LogP contribution in [0, 0.1) is 6.92 Å². The predicted octanol–water partition coefficient (Wildman–Crippen LogP) is 4.42. The molecule has 1 fully saturated rings. The molecule has 2 aromatic heterocycles. The van der Waals surface area contributed by atoms with Crippen molar-refractivity contribution in [3.05, 3.63) is 72.0 Å². The number of pyridine rings is 1. The van der Waals surface area contributed by atoms with Crippen LogP contribution in [0.25, 0.3) is 5.65 Å². The van der Waals surface area contributed by atoms with Gasteiger partial charge in [0.1, 0.15) is 18.0 Å². The van der Waals surface area contributed by atoms with Crippen molar-refractivity contribution in [2.45, 2.75) is 43.4 Å². The summed E-state index contributed by atoms with van der Waals surface area (Å²) in [6.45, 7) is 2.17. The third-order valence-electron chi connectivity index (χ3n) is 5.38. The van der Waals surface area contributed by atoms with Crippen LogP contribution in [-0.4, -0.2) is 35.5 Å². The van der Waals surface area contributed by atoms with Crippen molar-refractivity contribution < 1.29 is 22.1 Å². The lowest BCUT2D eigenvalue weighted by Crippen LogP contribution is -2.10. The van der Waals surface area contributed by atoms with E-state index in [-0.39, 0.29) is 18.0 Å². The Balaban J connectivity index is 0.000000222. The second kappa shape index (κ2) is 10.7. The number of ether oxygens (including phenoxy) is 1. The van der Waals surface area contributed by atoms with Gasteiger partial charge in [0.05, 0.1) is 23.1 Å². The number of fused-ring (bicyclic) bond motifs is 1. The second-order valence-electron chi connectivity index (χ2n) is 7.83. The molecular formula is C23H28FN3O4S. The first-order valence-corrected chi connectivity index (χ1v) is 11.9. The van der Waals surface area contributed by atoms with Crippen molar-refractivity contribution >= 4 is 15.8 Å². The van der Waals surface area contributed by atoms with Gasteiger partial charge in [-0.25, -0.2) is 9.37 Å². The van der Waals surface area contributed by atoms with Crippen LogP contribution in [-0.2, 0) is 10.1 Å². The molecule has 0 bridgehead atoms. The Morgan fingerprint density at radius 1 is 1.22 bits per heavy atom. The van der Waals surface area contributed by atoms with Gasteiger partial charge in [0.25, 0.3) is 10.1 Å². The molecule has 1 aliphatic carbocycles. The first-order valence-electron chi connectivity index (χ1n) is 10.4. The summed E-state index contributed by atoms with van der Waals surface area (Å²) in [4.78, 5) is 4.61. The summed E-state index contributed by atoms with van der Waals surface area (Å²) in [6, 6.07) is 9.77. The summed E-state index contributed by atoms with van der Waals surface area (Å²) in [5.74, 6) is 1.28. The lowest BCUT2D eigenvalue weighted by atomic mass is 10.1. The number of imidazole rings is 1. The van der Waals surface area contributed by atoms with Gasteiger partial charge in [0.15, 0.2) is 0 Å². The molecule has 0 amide bonds. The molecule has 0 spiro atoms. The maximum atomic E-state index is 12.5. The Labute approximate surface area is 187 Å². The van der Waals surface area contributed by atoms with E-state index in [1.54, 1.807) is 12.1 Å². The van der Waals surface area contributed by atoms with Crippen LogP contribution < -0.4 is 10.5 Å². The number of aryl methyl sites for hydroxylation is 1. The largest absolute Gasteiger partial charge is 0.488 e. The zero-order valence-electron chi connectivity index (χ0n) is 17.9. The number of rotatable bonds is 6. The molecule has 32 heavy (non-hydrogen) atoms. The quantitative estimate of drug-likeness (QED) is 0.526. The summed E-state index contributed by atoms with van der Waals surface area (Å²) >= 11 is 0. The van der Waals surface area contributed by atoms with E-state index in [9.17, 15) is 12.8 Å². The third kappa shape index (κ3) is 6.38. The third-order valence-corrected chi connectivity index (χ3v) is 6.24. The van der Waals surface area contributed by atoms with Crippen LogP contribution in [0.1, 0.15) is 42.9 Å². The molecule has 2 heterocycles. The fourth-order valence-corrected chi connectivity index (χ4v) is 4.00. The van der Waals surface area contributed by atoms with Crippen LogP contribution in [0.5, 0.6) is 5.75 Å². The monoisotopic (exact) mass is 461 g/mol. The zero-order chi connectivity index (χ0) is 23.1. The molecular weight excluding hydrogens is 433 g/mol. The number of nitrogens with zero attached hydrogens (tertiary/aromatic N) is 2. The molecule has 0 radical (unpaired) electrons.